The van der Waals surface area contributed by atoms with E-state index in [1.165, 1.54) is 18.9 Å². The largest absolute Gasteiger partial charge is 0.329 e. The molecule has 17 heavy (non-hydrogen) atoms. The van der Waals surface area contributed by atoms with E-state index in [-0.39, 0.29) is 11.4 Å². The van der Waals surface area contributed by atoms with Gasteiger partial charge in [0.2, 0.25) is 0 Å². The first-order valence-corrected chi connectivity index (χ1v) is 6.34. The number of hydrogen-bond donors (Lipinski definition) is 1. The van der Waals surface area contributed by atoms with E-state index < -0.39 is 0 Å². The Hall–Kier alpha value is -0.930. The molecule has 94 valence electrons. The van der Waals surface area contributed by atoms with Gasteiger partial charge in [0.25, 0.3) is 0 Å². The van der Waals surface area contributed by atoms with E-state index in [0.717, 1.165) is 25.1 Å². The van der Waals surface area contributed by atoms with Crippen LogP contribution < -0.4 is 5.73 Å². The van der Waals surface area contributed by atoms with Crippen LogP contribution in [0.25, 0.3) is 0 Å². The number of nitrogens with zero attached hydrogens (tertiary/aromatic N) is 1. The van der Waals surface area contributed by atoms with Crippen LogP contribution in [-0.2, 0) is 6.42 Å². The zero-order chi connectivity index (χ0) is 12.3. The minimum atomic E-state index is -0.164. The highest BCUT2D eigenvalue weighted by molar-refractivity contribution is 5.19. The first kappa shape index (κ1) is 12.5. The summed E-state index contributed by atoms with van der Waals surface area (Å²) in [6, 6.07) is 6.85. The van der Waals surface area contributed by atoms with Crippen molar-refractivity contribution < 1.29 is 4.39 Å². The van der Waals surface area contributed by atoms with E-state index in [2.05, 4.69) is 11.8 Å². The molecule has 0 saturated carbocycles. The Morgan fingerprint density at radius 3 is 2.65 bits per heavy atom. The maximum Gasteiger partial charge on any atom is 0.123 e. The van der Waals surface area contributed by atoms with E-state index in [0.29, 0.717) is 6.54 Å². The molecule has 0 radical (unpaired) electrons. The van der Waals surface area contributed by atoms with Gasteiger partial charge in [-0.3, -0.25) is 4.90 Å². The van der Waals surface area contributed by atoms with Crippen molar-refractivity contribution in [2.45, 2.75) is 31.7 Å². The van der Waals surface area contributed by atoms with E-state index in [1.807, 2.05) is 6.07 Å². The smallest absolute Gasteiger partial charge is 0.123 e. The van der Waals surface area contributed by atoms with Gasteiger partial charge in [0, 0.05) is 12.1 Å². The van der Waals surface area contributed by atoms with Crippen molar-refractivity contribution in [3.63, 3.8) is 0 Å². The van der Waals surface area contributed by atoms with Crippen molar-refractivity contribution in [2.75, 3.05) is 19.6 Å². The van der Waals surface area contributed by atoms with Crippen LogP contribution in [0.5, 0.6) is 0 Å². The minimum absolute atomic E-state index is 0.0374. The SMILES string of the molecule is CC(CN)(Cc1cccc(F)c1)N1CCCC1. The number of likely N-dealkylation sites (tertiary alicyclic amines) is 1. The second-order valence-electron chi connectivity index (χ2n) is 5.20. The molecule has 2 N–H and O–H groups in total. The fraction of sp³-hybridized carbons (Fsp3) is 0.571. The molecule has 0 amide bonds. The number of halogens is 1. The Bertz CT molecular complexity index is 374. The molecule has 2 nitrogen and oxygen atoms in total. The van der Waals surface area contributed by atoms with Crippen molar-refractivity contribution in [1.29, 1.82) is 0 Å². The lowest BCUT2D eigenvalue weighted by Gasteiger charge is -2.38. The molecule has 1 fully saturated rings. The van der Waals surface area contributed by atoms with Crippen LogP contribution in [0.4, 0.5) is 4.39 Å². The van der Waals surface area contributed by atoms with Gasteiger partial charge in [-0.2, -0.15) is 0 Å². The van der Waals surface area contributed by atoms with E-state index >= 15 is 0 Å². The van der Waals surface area contributed by atoms with Gasteiger partial charge in [0.05, 0.1) is 0 Å². The van der Waals surface area contributed by atoms with Crippen molar-refractivity contribution in [3.8, 4) is 0 Å². The van der Waals surface area contributed by atoms with Gasteiger partial charge >= 0.3 is 0 Å². The van der Waals surface area contributed by atoms with Crippen molar-refractivity contribution in [2.24, 2.45) is 5.73 Å². The van der Waals surface area contributed by atoms with Gasteiger partial charge in [-0.15, -0.1) is 0 Å². The maximum absolute atomic E-state index is 13.2. The summed E-state index contributed by atoms with van der Waals surface area (Å²) in [6.45, 7) is 5.03. The average molecular weight is 236 g/mol. The summed E-state index contributed by atoms with van der Waals surface area (Å²) in [7, 11) is 0. The van der Waals surface area contributed by atoms with Gasteiger partial charge < -0.3 is 5.73 Å². The summed E-state index contributed by atoms with van der Waals surface area (Å²) in [4.78, 5) is 2.44. The molecule has 0 spiro atoms. The molecule has 1 aliphatic heterocycles. The second-order valence-corrected chi connectivity index (χ2v) is 5.20. The Morgan fingerprint density at radius 2 is 2.06 bits per heavy atom. The Labute approximate surface area is 103 Å². The van der Waals surface area contributed by atoms with Crippen LogP contribution in [0.2, 0.25) is 0 Å². The number of nitrogens with two attached hydrogens (primary N) is 1. The third-order valence-corrected chi connectivity index (χ3v) is 3.78. The van der Waals surface area contributed by atoms with Crippen LogP contribution in [0.1, 0.15) is 25.3 Å². The first-order valence-electron chi connectivity index (χ1n) is 6.34. The lowest BCUT2D eigenvalue weighted by molar-refractivity contribution is 0.143. The molecule has 1 atom stereocenters. The molecular weight excluding hydrogens is 215 g/mol. The highest BCUT2D eigenvalue weighted by Gasteiger charge is 2.32. The third kappa shape index (κ3) is 2.85. The van der Waals surface area contributed by atoms with Gasteiger partial charge in [-0.25, -0.2) is 4.39 Å². The van der Waals surface area contributed by atoms with Crippen molar-refractivity contribution >= 4 is 0 Å². The highest BCUT2D eigenvalue weighted by Crippen LogP contribution is 2.24. The highest BCUT2D eigenvalue weighted by atomic mass is 19.1. The number of rotatable bonds is 4. The molecule has 1 aromatic rings. The molecule has 1 saturated heterocycles. The zero-order valence-electron chi connectivity index (χ0n) is 10.5. The quantitative estimate of drug-likeness (QED) is 0.868. The predicted octanol–water partition coefficient (Wildman–Crippen LogP) is 2.18. The summed E-state index contributed by atoms with van der Waals surface area (Å²) in [6.07, 6.45) is 3.32. The molecular formula is C14H21FN2. The van der Waals surface area contributed by atoms with Crippen LogP contribution >= 0.6 is 0 Å². The van der Waals surface area contributed by atoms with Gasteiger partial charge in [-0.1, -0.05) is 12.1 Å². The summed E-state index contributed by atoms with van der Waals surface area (Å²) >= 11 is 0. The van der Waals surface area contributed by atoms with Crippen LogP contribution in [0.3, 0.4) is 0 Å². The van der Waals surface area contributed by atoms with E-state index in [4.69, 9.17) is 5.73 Å². The van der Waals surface area contributed by atoms with Crippen molar-refractivity contribution in [3.05, 3.63) is 35.6 Å². The summed E-state index contributed by atoms with van der Waals surface area (Å²) in [5.74, 6) is -0.164. The Balaban J connectivity index is 2.13. The second kappa shape index (κ2) is 5.15. The molecule has 0 bridgehead atoms. The van der Waals surface area contributed by atoms with E-state index in [1.54, 1.807) is 12.1 Å². The fourth-order valence-electron chi connectivity index (χ4n) is 2.66. The summed E-state index contributed by atoms with van der Waals surface area (Å²) < 4.78 is 13.2. The molecule has 2 rings (SSSR count). The monoisotopic (exact) mass is 236 g/mol. The number of hydrogen-bond acceptors (Lipinski definition) is 2. The molecule has 1 unspecified atom stereocenters. The average Bonchev–Trinajstić information content (AvgIpc) is 2.83. The van der Waals surface area contributed by atoms with Crippen LogP contribution in [0, 0.1) is 5.82 Å². The first-order chi connectivity index (χ1) is 8.14. The molecule has 1 aromatic carbocycles. The van der Waals surface area contributed by atoms with Gasteiger partial charge in [0.1, 0.15) is 5.82 Å². The third-order valence-electron chi connectivity index (χ3n) is 3.78. The molecule has 3 heteroatoms. The lowest BCUT2D eigenvalue weighted by Crippen LogP contribution is -2.51. The molecule has 1 aliphatic rings. The van der Waals surface area contributed by atoms with Crippen LogP contribution in [0.15, 0.2) is 24.3 Å². The van der Waals surface area contributed by atoms with Gasteiger partial charge in [-0.05, 0) is 57.0 Å². The Morgan fingerprint density at radius 1 is 1.35 bits per heavy atom. The van der Waals surface area contributed by atoms with Gasteiger partial charge in [0.15, 0.2) is 0 Å². The summed E-state index contributed by atoms with van der Waals surface area (Å²) in [5.41, 5.74) is 6.93. The number of benzene rings is 1. The normalized spacial score (nSPS) is 20.4. The molecule has 0 aromatic heterocycles. The van der Waals surface area contributed by atoms with Crippen molar-refractivity contribution in [1.82, 2.24) is 4.90 Å². The zero-order valence-corrected chi connectivity index (χ0v) is 10.5. The fourth-order valence-corrected chi connectivity index (χ4v) is 2.66. The van der Waals surface area contributed by atoms with E-state index in [9.17, 15) is 4.39 Å². The standard InChI is InChI=1S/C14H21FN2/c1-14(11-16,17-7-2-3-8-17)10-12-5-4-6-13(15)9-12/h4-6,9H,2-3,7-8,10-11,16H2,1H3. The minimum Gasteiger partial charge on any atom is -0.329 e. The predicted molar refractivity (Wildman–Crippen MR) is 68.4 cm³/mol. The van der Waals surface area contributed by atoms with Crippen LogP contribution in [-0.4, -0.2) is 30.1 Å². The molecule has 1 heterocycles. The molecule has 0 aliphatic carbocycles. The Kier molecular flexibility index (Phi) is 3.79. The maximum atomic E-state index is 13.2. The topological polar surface area (TPSA) is 29.3 Å². The summed E-state index contributed by atoms with van der Waals surface area (Å²) in [5, 5.41) is 0. The lowest BCUT2D eigenvalue weighted by atomic mass is 9.91.